The zero-order chi connectivity index (χ0) is 15.7. The molecular weight excluding hydrogens is 293 g/mol. The second-order valence-corrected chi connectivity index (χ2v) is 4.67. The van der Waals surface area contributed by atoms with E-state index in [0.29, 0.717) is 16.8 Å². The van der Waals surface area contributed by atoms with Gasteiger partial charge in [-0.15, -0.1) is 13.2 Å². The molecule has 22 heavy (non-hydrogen) atoms. The number of halogens is 3. The van der Waals surface area contributed by atoms with Gasteiger partial charge in [-0.05, 0) is 30.3 Å². The van der Waals surface area contributed by atoms with Gasteiger partial charge in [0.05, 0.1) is 11.6 Å². The van der Waals surface area contributed by atoms with Crippen LogP contribution in [0.5, 0.6) is 5.75 Å². The van der Waals surface area contributed by atoms with E-state index >= 15 is 0 Å². The van der Waals surface area contributed by atoms with Crippen LogP contribution < -0.4 is 4.74 Å². The number of hydrogen-bond acceptors (Lipinski definition) is 2. The number of rotatable bonds is 2. The fraction of sp³-hybridized carbons (Fsp3) is 0.0625. The van der Waals surface area contributed by atoms with Crippen molar-refractivity contribution in [3.05, 3.63) is 54.1 Å². The van der Waals surface area contributed by atoms with Crippen molar-refractivity contribution >= 4 is 10.9 Å². The summed E-state index contributed by atoms with van der Waals surface area (Å²) in [5.41, 5.74) is 2.47. The van der Waals surface area contributed by atoms with Gasteiger partial charge in [-0.25, -0.2) is 0 Å². The molecule has 0 aliphatic heterocycles. The van der Waals surface area contributed by atoms with Crippen molar-refractivity contribution in [3.63, 3.8) is 0 Å². The van der Waals surface area contributed by atoms with Crippen LogP contribution in [0, 0.1) is 11.3 Å². The Bertz CT molecular complexity index is 875. The van der Waals surface area contributed by atoms with Crippen molar-refractivity contribution in [3.8, 4) is 23.1 Å². The Morgan fingerprint density at radius 3 is 2.59 bits per heavy atom. The zero-order valence-electron chi connectivity index (χ0n) is 11.1. The van der Waals surface area contributed by atoms with Crippen molar-refractivity contribution in [2.45, 2.75) is 6.36 Å². The highest BCUT2D eigenvalue weighted by atomic mass is 19.4. The summed E-state index contributed by atoms with van der Waals surface area (Å²) in [4.78, 5) is 3.09. The third kappa shape index (κ3) is 2.88. The van der Waals surface area contributed by atoms with Gasteiger partial charge in [-0.3, -0.25) is 0 Å². The highest BCUT2D eigenvalue weighted by Gasteiger charge is 2.31. The van der Waals surface area contributed by atoms with Crippen LogP contribution in [0.3, 0.4) is 0 Å². The van der Waals surface area contributed by atoms with Gasteiger partial charge in [-0.2, -0.15) is 5.26 Å². The Morgan fingerprint density at radius 2 is 1.86 bits per heavy atom. The Labute approximate surface area is 123 Å². The zero-order valence-corrected chi connectivity index (χ0v) is 11.1. The number of fused-ring (bicyclic) bond motifs is 1. The van der Waals surface area contributed by atoms with E-state index in [1.807, 2.05) is 12.1 Å². The first-order valence-corrected chi connectivity index (χ1v) is 6.34. The van der Waals surface area contributed by atoms with Crippen molar-refractivity contribution in [1.29, 1.82) is 5.26 Å². The summed E-state index contributed by atoms with van der Waals surface area (Å²) in [7, 11) is 0. The van der Waals surface area contributed by atoms with E-state index in [9.17, 15) is 13.2 Å². The molecule has 1 aromatic heterocycles. The van der Waals surface area contributed by atoms with Crippen LogP contribution in [0.15, 0.2) is 48.5 Å². The molecule has 0 atom stereocenters. The molecule has 3 rings (SSSR count). The maximum atomic E-state index is 12.3. The molecule has 0 saturated heterocycles. The molecule has 0 unspecified atom stereocenters. The molecule has 1 heterocycles. The van der Waals surface area contributed by atoms with Gasteiger partial charge in [0.1, 0.15) is 5.75 Å². The smallest absolute Gasteiger partial charge is 0.406 e. The number of aromatic amines is 1. The summed E-state index contributed by atoms with van der Waals surface area (Å²) in [6.45, 7) is 0. The van der Waals surface area contributed by atoms with Crippen LogP contribution in [-0.4, -0.2) is 11.3 Å². The van der Waals surface area contributed by atoms with E-state index in [2.05, 4.69) is 9.72 Å². The first-order chi connectivity index (χ1) is 10.4. The van der Waals surface area contributed by atoms with Crippen molar-refractivity contribution < 1.29 is 17.9 Å². The van der Waals surface area contributed by atoms with Crippen LogP contribution in [0.25, 0.3) is 22.2 Å². The number of aromatic nitrogens is 1. The van der Waals surface area contributed by atoms with Crippen molar-refractivity contribution in [1.82, 2.24) is 4.98 Å². The van der Waals surface area contributed by atoms with E-state index < -0.39 is 6.36 Å². The molecule has 0 bridgehead atoms. The van der Waals surface area contributed by atoms with Gasteiger partial charge in [0.15, 0.2) is 0 Å². The number of H-pyrrole nitrogens is 1. The molecule has 0 spiro atoms. The Balaban J connectivity index is 2.00. The normalized spacial score (nSPS) is 11.4. The van der Waals surface area contributed by atoms with E-state index in [0.717, 1.165) is 10.9 Å². The molecule has 0 fully saturated rings. The van der Waals surface area contributed by atoms with Gasteiger partial charge in [-0.1, -0.05) is 18.2 Å². The molecule has 1 N–H and O–H groups in total. The van der Waals surface area contributed by atoms with Gasteiger partial charge < -0.3 is 9.72 Å². The molecule has 0 saturated carbocycles. The molecule has 0 radical (unpaired) electrons. The largest absolute Gasteiger partial charge is 0.573 e. The molecule has 6 heteroatoms. The van der Waals surface area contributed by atoms with Gasteiger partial charge in [0.2, 0.25) is 0 Å². The third-order valence-corrected chi connectivity index (χ3v) is 3.13. The number of nitrogens with one attached hydrogen (secondary N) is 1. The summed E-state index contributed by atoms with van der Waals surface area (Å²) in [5, 5.41) is 9.75. The first-order valence-electron chi connectivity index (χ1n) is 6.34. The van der Waals surface area contributed by atoms with Gasteiger partial charge >= 0.3 is 6.36 Å². The molecule has 110 valence electrons. The number of alkyl halides is 3. The molecule has 0 aliphatic rings. The second kappa shape index (κ2) is 5.11. The summed E-state index contributed by atoms with van der Waals surface area (Å²) in [6.07, 6.45) is -4.72. The van der Waals surface area contributed by atoms with Gasteiger partial charge in [0.25, 0.3) is 0 Å². The quantitative estimate of drug-likeness (QED) is 0.751. The average Bonchev–Trinajstić information content (AvgIpc) is 2.88. The number of nitrogens with zero attached hydrogens (tertiary/aromatic N) is 1. The predicted octanol–water partition coefficient (Wildman–Crippen LogP) is 4.61. The lowest BCUT2D eigenvalue weighted by Crippen LogP contribution is -2.17. The molecule has 0 aliphatic carbocycles. The standard InChI is InChI=1S/C16H9F3N2O/c17-16(18,19)22-13-3-1-2-11(7-13)15-8-12-5-4-10(9-20)6-14(12)21-15/h1-8,21H. The molecular formula is C16H9F3N2O. The number of benzene rings is 2. The van der Waals surface area contributed by atoms with E-state index in [1.54, 1.807) is 24.3 Å². The van der Waals surface area contributed by atoms with Crippen LogP contribution in [0.1, 0.15) is 5.56 Å². The first kappa shape index (κ1) is 14.0. The van der Waals surface area contributed by atoms with Crippen molar-refractivity contribution in [2.75, 3.05) is 0 Å². The second-order valence-electron chi connectivity index (χ2n) is 4.67. The Hall–Kier alpha value is -2.94. The van der Waals surface area contributed by atoms with E-state index in [1.165, 1.54) is 18.2 Å². The maximum Gasteiger partial charge on any atom is 0.573 e. The summed E-state index contributed by atoms with van der Waals surface area (Å²) < 4.78 is 40.7. The third-order valence-electron chi connectivity index (χ3n) is 3.13. The van der Waals surface area contributed by atoms with Crippen LogP contribution in [-0.2, 0) is 0 Å². The summed E-state index contributed by atoms with van der Waals surface area (Å²) in [6, 6.07) is 14.7. The predicted molar refractivity (Wildman–Crippen MR) is 75.1 cm³/mol. The number of nitriles is 1. The number of ether oxygens (including phenoxy) is 1. The highest BCUT2D eigenvalue weighted by molar-refractivity contribution is 5.87. The van der Waals surface area contributed by atoms with E-state index in [-0.39, 0.29) is 5.75 Å². The fourth-order valence-corrected chi connectivity index (χ4v) is 2.21. The van der Waals surface area contributed by atoms with Crippen LogP contribution in [0.4, 0.5) is 13.2 Å². The SMILES string of the molecule is N#Cc1ccc2cc(-c3cccc(OC(F)(F)F)c3)[nH]c2c1. The minimum Gasteiger partial charge on any atom is -0.406 e. The fourth-order valence-electron chi connectivity index (χ4n) is 2.21. The molecule has 3 aromatic rings. The highest BCUT2D eigenvalue weighted by Crippen LogP contribution is 2.29. The Morgan fingerprint density at radius 1 is 1.05 bits per heavy atom. The lowest BCUT2D eigenvalue weighted by atomic mass is 10.1. The Kier molecular flexibility index (Phi) is 3.26. The van der Waals surface area contributed by atoms with Crippen LogP contribution in [0.2, 0.25) is 0 Å². The topological polar surface area (TPSA) is 48.8 Å². The van der Waals surface area contributed by atoms with E-state index in [4.69, 9.17) is 5.26 Å². The maximum absolute atomic E-state index is 12.3. The average molecular weight is 302 g/mol. The number of hydrogen-bond donors (Lipinski definition) is 1. The minimum atomic E-state index is -4.72. The lowest BCUT2D eigenvalue weighted by molar-refractivity contribution is -0.274. The monoisotopic (exact) mass is 302 g/mol. The molecule has 3 nitrogen and oxygen atoms in total. The molecule has 2 aromatic carbocycles. The summed E-state index contributed by atoms with van der Waals surface area (Å²) in [5.74, 6) is -0.277. The van der Waals surface area contributed by atoms with Crippen LogP contribution >= 0.6 is 0 Å². The lowest BCUT2D eigenvalue weighted by Gasteiger charge is -2.09. The minimum absolute atomic E-state index is 0.277. The van der Waals surface area contributed by atoms with Crippen molar-refractivity contribution in [2.24, 2.45) is 0 Å². The summed E-state index contributed by atoms with van der Waals surface area (Å²) >= 11 is 0. The molecule has 0 amide bonds. The van der Waals surface area contributed by atoms with Gasteiger partial charge in [0, 0.05) is 22.2 Å².